The van der Waals surface area contributed by atoms with Gasteiger partial charge in [-0.2, -0.15) is 0 Å². The zero-order valence-electron chi connectivity index (χ0n) is 11.7. The molecule has 0 bridgehead atoms. The largest absolute Gasteiger partial charge is 0.311 e. The van der Waals surface area contributed by atoms with E-state index in [9.17, 15) is 0 Å². The van der Waals surface area contributed by atoms with Gasteiger partial charge in [0.25, 0.3) is 0 Å². The maximum atomic E-state index is 3.52. The fourth-order valence-corrected chi connectivity index (χ4v) is 1.81. The monoisotopic (exact) mass is 234 g/mol. The highest BCUT2D eigenvalue weighted by molar-refractivity contribution is 5.26. The van der Waals surface area contributed by atoms with Crippen molar-refractivity contribution in [3.8, 4) is 0 Å². The molecule has 0 aromatic heterocycles. The van der Waals surface area contributed by atoms with Crippen LogP contribution in [0, 0.1) is 0 Å². The van der Waals surface area contributed by atoms with Gasteiger partial charge in [-0.05, 0) is 38.4 Å². The summed E-state index contributed by atoms with van der Waals surface area (Å²) in [6.07, 6.45) is 1.11. The average Bonchev–Trinajstić information content (AvgIpc) is 2.34. The molecule has 0 radical (unpaired) electrons. The van der Waals surface area contributed by atoms with E-state index in [1.165, 1.54) is 11.1 Å². The Hall–Kier alpha value is -0.860. The van der Waals surface area contributed by atoms with Gasteiger partial charge in [-0.1, -0.05) is 31.2 Å². The summed E-state index contributed by atoms with van der Waals surface area (Å²) >= 11 is 0. The van der Waals surface area contributed by atoms with E-state index in [0.717, 1.165) is 26.1 Å². The Kier molecular flexibility index (Phi) is 6.23. The van der Waals surface area contributed by atoms with E-state index < -0.39 is 0 Å². The van der Waals surface area contributed by atoms with E-state index >= 15 is 0 Å². The number of aryl methyl sites for hydroxylation is 1. The van der Waals surface area contributed by atoms with Crippen molar-refractivity contribution >= 4 is 0 Å². The van der Waals surface area contributed by atoms with Crippen molar-refractivity contribution in [1.29, 1.82) is 0 Å². The first kappa shape index (κ1) is 14.2. The molecule has 0 aliphatic heterocycles. The second-order valence-corrected chi connectivity index (χ2v) is 4.87. The summed E-state index contributed by atoms with van der Waals surface area (Å²) in [4.78, 5) is 2.36. The molecule has 0 saturated heterocycles. The lowest BCUT2D eigenvalue weighted by atomic mass is 10.1. The molecular weight excluding hydrogens is 208 g/mol. The van der Waals surface area contributed by atoms with Crippen LogP contribution in [0.4, 0.5) is 0 Å². The van der Waals surface area contributed by atoms with E-state index in [-0.39, 0.29) is 0 Å². The lowest BCUT2D eigenvalue weighted by Gasteiger charge is -2.21. The van der Waals surface area contributed by atoms with Gasteiger partial charge in [0.15, 0.2) is 0 Å². The van der Waals surface area contributed by atoms with Crippen molar-refractivity contribution in [2.75, 3.05) is 20.1 Å². The van der Waals surface area contributed by atoms with Crippen molar-refractivity contribution in [2.45, 2.75) is 39.8 Å². The Morgan fingerprint density at radius 3 is 2.41 bits per heavy atom. The lowest BCUT2D eigenvalue weighted by molar-refractivity contribution is 0.273. The van der Waals surface area contributed by atoms with E-state index in [0.29, 0.717) is 6.04 Å². The summed E-state index contributed by atoms with van der Waals surface area (Å²) < 4.78 is 0. The highest BCUT2D eigenvalue weighted by Crippen LogP contribution is 2.08. The van der Waals surface area contributed by atoms with Crippen molar-refractivity contribution in [2.24, 2.45) is 0 Å². The van der Waals surface area contributed by atoms with E-state index in [4.69, 9.17) is 0 Å². The van der Waals surface area contributed by atoms with Crippen molar-refractivity contribution < 1.29 is 0 Å². The molecule has 0 aliphatic rings. The van der Waals surface area contributed by atoms with Crippen LogP contribution in [0.15, 0.2) is 24.3 Å². The molecule has 1 aromatic rings. The number of rotatable bonds is 7. The minimum absolute atomic E-state index is 0.625. The predicted octanol–water partition coefficient (Wildman–Crippen LogP) is 2.68. The number of nitrogens with one attached hydrogen (secondary N) is 1. The van der Waals surface area contributed by atoms with Crippen molar-refractivity contribution in [1.82, 2.24) is 10.2 Å². The van der Waals surface area contributed by atoms with Crippen molar-refractivity contribution in [3.05, 3.63) is 35.4 Å². The van der Waals surface area contributed by atoms with Gasteiger partial charge in [-0.15, -0.1) is 0 Å². The minimum atomic E-state index is 0.625. The topological polar surface area (TPSA) is 15.3 Å². The van der Waals surface area contributed by atoms with Crippen LogP contribution in [-0.2, 0) is 13.0 Å². The fraction of sp³-hybridized carbons (Fsp3) is 0.600. The van der Waals surface area contributed by atoms with E-state index in [1.54, 1.807) is 0 Å². The van der Waals surface area contributed by atoms with Gasteiger partial charge in [0.05, 0.1) is 0 Å². The van der Waals surface area contributed by atoms with Crippen LogP contribution in [0.2, 0.25) is 0 Å². The van der Waals surface area contributed by atoms with Crippen LogP contribution in [0.1, 0.15) is 31.9 Å². The number of likely N-dealkylation sites (N-methyl/N-ethyl adjacent to an activating group) is 1. The van der Waals surface area contributed by atoms with Gasteiger partial charge in [-0.3, -0.25) is 0 Å². The third-order valence-corrected chi connectivity index (χ3v) is 3.34. The summed E-state index contributed by atoms with van der Waals surface area (Å²) in [7, 11) is 2.17. The maximum Gasteiger partial charge on any atom is 0.0208 e. The Bertz CT molecular complexity index is 320. The summed E-state index contributed by atoms with van der Waals surface area (Å²) in [5, 5.41) is 3.52. The van der Waals surface area contributed by atoms with Crippen LogP contribution in [0.25, 0.3) is 0 Å². The number of hydrogen-bond donors (Lipinski definition) is 1. The number of nitrogens with zero attached hydrogens (tertiary/aromatic N) is 1. The molecule has 0 heterocycles. The quantitative estimate of drug-likeness (QED) is 0.730. The van der Waals surface area contributed by atoms with Crippen LogP contribution < -0.4 is 5.32 Å². The summed E-state index contributed by atoms with van der Waals surface area (Å²) in [6.45, 7) is 9.80. The van der Waals surface area contributed by atoms with Crippen molar-refractivity contribution in [3.63, 3.8) is 0 Å². The van der Waals surface area contributed by atoms with Gasteiger partial charge in [0.2, 0.25) is 0 Å². The number of benzene rings is 1. The minimum Gasteiger partial charge on any atom is -0.311 e. The lowest BCUT2D eigenvalue weighted by Crippen LogP contribution is -2.33. The molecule has 96 valence electrons. The van der Waals surface area contributed by atoms with E-state index in [2.05, 4.69) is 62.3 Å². The standard InChI is InChI=1S/C15H26N2/c1-5-14-8-6-7-9-15(14)12-16-10-11-17(4)13(2)3/h6-9,13,16H,5,10-12H2,1-4H3. The predicted molar refractivity (Wildman–Crippen MR) is 75.3 cm³/mol. The van der Waals surface area contributed by atoms with Crippen LogP contribution in [0.3, 0.4) is 0 Å². The third kappa shape index (κ3) is 4.88. The second kappa shape index (κ2) is 7.46. The molecular formula is C15H26N2. The molecule has 17 heavy (non-hydrogen) atoms. The Labute approximate surface area is 106 Å². The average molecular weight is 234 g/mol. The molecule has 2 heteroatoms. The molecule has 0 fully saturated rings. The SMILES string of the molecule is CCc1ccccc1CNCCN(C)C(C)C. The molecule has 0 amide bonds. The van der Waals surface area contributed by atoms with Gasteiger partial charge in [0.1, 0.15) is 0 Å². The zero-order valence-corrected chi connectivity index (χ0v) is 11.7. The molecule has 1 rings (SSSR count). The van der Waals surface area contributed by atoms with Crippen LogP contribution in [-0.4, -0.2) is 31.1 Å². The normalized spacial score (nSPS) is 11.4. The molecule has 0 aliphatic carbocycles. The van der Waals surface area contributed by atoms with Gasteiger partial charge < -0.3 is 10.2 Å². The third-order valence-electron chi connectivity index (χ3n) is 3.34. The molecule has 1 N–H and O–H groups in total. The molecule has 0 spiro atoms. The van der Waals surface area contributed by atoms with Crippen LogP contribution >= 0.6 is 0 Å². The highest BCUT2D eigenvalue weighted by Gasteiger charge is 2.02. The summed E-state index contributed by atoms with van der Waals surface area (Å²) in [6, 6.07) is 9.31. The Morgan fingerprint density at radius 1 is 1.18 bits per heavy atom. The first-order valence-corrected chi connectivity index (χ1v) is 6.63. The molecule has 1 aromatic carbocycles. The van der Waals surface area contributed by atoms with Gasteiger partial charge >= 0.3 is 0 Å². The van der Waals surface area contributed by atoms with Gasteiger partial charge in [-0.25, -0.2) is 0 Å². The van der Waals surface area contributed by atoms with E-state index in [1.807, 2.05) is 0 Å². The fourth-order valence-electron chi connectivity index (χ4n) is 1.81. The number of hydrogen-bond acceptors (Lipinski definition) is 2. The molecule has 0 atom stereocenters. The highest BCUT2D eigenvalue weighted by atomic mass is 15.1. The Balaban J connectivity index is 2.31. The molecule has 0 unspecified atom stereocenters. The smallest absolute Gasteiger partial charge is 0.0208 e. The maximum absolute atomic E-state index is 3.52. The first-order valence-electron chi connectivity index (χ1n) is 6.63. The molecule has 0 saturated carbocycles. The summed E-state index contributed by atoms with van der Waals surface area (Å²) in [5.74, 6) is 0. The first-order chi connectivity index (χ1) is 8.15. The second-order valence-electron chi connectivity index (χ2n) is 4.87. The van der Waals surface area contributed by atoms with Crippen LogP contribution in [0.5, 0.6) is 0 Å². The Morgan fingerprint density at radius 2 is 1.82 bits per heavy atom. The summed E-state index contributed by atoms with van der Waals surface area (Å²) in [5.41, 5.74) is 2.89. The zero-order chi connectivity index (χ0) is 12.7. The van der Waals surface area contributed by atoms with Gasteiger partial charge in [0, 0.05) is 25.7 Å². The molecule has 2 nitrogen and oxygen atoms in total.